The highest BCUT2D eigenvalue weighted by atomic mass is 16.2. The topological polar surface area (TPSA) is 113 Å². The van der Waals surface area contributed by atoms with Crippen molar-refractivity contribution in [3.8, 4) is 12.8 Å². The van der Waals surface area contributed by atoms with Crippen LogP contribution in [0.3, 0.4) is 0 Å². The Morgan fingerprint density at radius 1 is 1.02 bits per heavy atom. The maximum atomic E-state index is 14.0. The number of allylic oxidation sites excluding steroid dienone is 3. The normalized spacial score (nSPS) is 18.2. The minimum atomic E-state index is -0.679. The van der Waals surface area contributed by atoms with Gasteiger partial charge in [0.2, 0.25) is 5.91 Å². The average Bonchev–Trinajstić information content (AvgIpc) is 3.18. The number of urea groups is 2. The summed E-state index contributed by atoms with van der Waals surface area (Å²) in [6.07, 6.45) is 17.3. The fourth-order valence-corrected chi connectivity index (χ4v) is 6.67. The summed E-state index contributed by atoms with van der Waals surface area (Å²) in [5, 5.41) is 10.2. The summed E-state index contributed by atoms with van der Waals surface area (Å²) in [7, 11) is 0. The van der Waals surface area contributed by atoms with Gasteiger partial charge >= 0.3 is 12.1 Å². The molecule has 52 heavy (non-hydrogen) atoms. The molecule has 3 aliphatic heterocycles. The van der Waals surface area contributed by atoms with Crippen LogP contribution in [-0.4, -0.2) is 102 Å². The minimum Gasteiger partial charge on any atom is -0.338 e. The van der Waals surface area contributed by atoms with Crippen LogP contribution in [0.15, 0.2) is 64.9 Å². The summed E-state index contributed by atoms with van der Waals surface area (Å²) in [4.78, 5) is 48.5. The lowest BCUT2D eigenvalue weighted by molar-refractivity contribution is -0.135. The monoisotopic (exact) mass is 717 g/mol. The van der Waals surface area contributed by atoms with E-state index in [2.05, 4.69) is 66.3 Å². The Hall–Kier alpha value is -4.56. The molecule has 0 saturated carbocycles. The number of carbonyl (C=O) groups excluding carboxylic acids is 3. The number of fused-ring (bicyclic) bond motifs is 1. The number of amides is 5. The fourth-order valence-electron chi connectivity index (χ4n) is 6.67. The van der Waals surface area contributed by atoms with Crippen molar-refractivity contribution in [2.24, 2.45) is 11.0 Å². The molecule has 2 fully saturated rings. The molecule has 2 unspecified atom stereocenters. The van der Waals surface area contributed by atoms with E-state index in [1.54, 1.807) is 11.1 Å². The molecule has 3 heterocycles. The first kappa shape index (κ1) is 43.6. The molecule has 5 amide bonds. The summed E-state index contributed by atoms with van der Waals surface area (Å²) in [5.74, 6) is 0.407. The molecule has 3 N–H and O–H groups in total. The SMILES string of the molecule is C#C.C=C(C)C(CC)CN1CCN(C(=O)C(C/C(C)=C/C=C(\CC)N/N=C\C)NC(=O)N2CCC(N3Cc4ccccc4NC3=O)CC2)CC1.CC. The molecule has 0 radical (unpaired) electrons. The number of nitrogens with one attached hydrogen (secondary N) is 3. The number of hydrogen-bond acceptors (Lipinski definition) is 6. The number of terminal acetylenes is 1. The van der Waals surface area contributed by atoms with Gasteiger partial charge < -0.3 is 25.3 Å². The molecule has 1 aromatic rings. The second kappa shape index (κ2) is 23.1. The molecule has 1 aromatic carbocycles. The van der Waals surface area contributed by atoms with Crippen molar-refractivity contribution in [1.82, 2.24) is 30.3 Å². The lowest BCUT2D eigenvalue weighted by Crippen LogP contribution is -2.58. The Morgan fingerprint density at radius 2 is 1.67 bits per heavy atom. The van der Waals surface area contributed by atoms with Gasteiger partial charge in [-0.15, -0.1) is 12.8 Å². The molecule has 11 heteroatoms. The second-order valence-corrected chi connectivity index (χ2v) is 13.3. The number of hydrogen-bond donors (Lipinski definition) is 3. The first-order chi connectivity index (χ1) is 25.1. The van der Waals surface area contributed by atoms with Crippen LogP contribution in [0.4, 0.5) is 15.3 Å². The Balaban J connectivity index is 0.00000226. The zero-order chi connectivity index (χ0) is 38.6. The zero-order valence-electron chi connectivity index (χ0n) is 32.8. The Morgan fingerprint density at radius 3 is 2.27 bits per heavy atom. The van der Waals surface area contributed by atoms with Crippen LogP contribution >= 0.6 is 0 Å². The van der Waals surface area contributed by atoms with Gasteiger partial charge in [0.25, 0.3) is 0 Å². The number of benzene rings is 1. The number of rotatable bonds is 13. The number of para-hydroxylation sites is 1. The van der Waals surface area contributed by atoms with E-state index < -0.39 is 6.04 Å². The van der Waals surface area contributed by atoms with E-state index in [1.165, 1.54) is 5.57 Å². The van der Waals surface area contributed by atoms with Crippen molar-refractivity contribution >= 4 is 29.9 Å². The third-order valence-electron chi connectivity index (χ3n) is 9.81. The summed E-state index contributed by atoms with van der Waals surface area (Å²) in [6, 6.07) is 6.91. The number of piperidine rings is 1. The largest absolute Gasteiger partial charge is 0.338 e. The molecule has 3 aliphatic rings. The quantitative estimate of drug-likeness (QED) is 0.0682. The molecule has 2 saturated heterocycles. The van der Waals surface area contributed by atoms with Crippen LogP contribution in [-0.2, 0) is 11.3 Å². The van der Waals surface area contributed by atoms with Gasteiger partial charge in [0.15, 0.2) is 0 Å². The van der Waals surface area contributed by atoms with E-state index in [0.717, 1.165) is 55.0 Å². The highest BCUT2D eigenvalue weighted by Gasteiger charge is 2.35. The van der Waals surface area contributed by atoms with E-state index >= 15 is 0 Å². The number of carbonyl (C=O) groups is 3. The molecule has 286 valence electrons. The van der Waals surface area contributed by atoms with Crippen molar-refractivity contribution < 1.29 is 14.4 Å². The van der Waals surface area contributed by atoms with Crippen LogP contribution in [0.5, 0.6) is 0 Å². The summed E-state index contributed by atoms with van der Waals surface area (Å²) < 4.78 is 0. The van der Waals surface area contributed by atoms with Crippen molar-refractivity contribution in [2.45, 2.75) is 99.2 Å². The third-order valence-corrected chi connectivity index (χ3v) is 9.81. The van der Waals surface area contributed by atoms with Gasteiger partial charge in [0.1, 0.15) is 6.04 Å². The maximum absolute atomic E-state index is 14.0. The van der Waals surface area contributed by atoms with E-state index in [-0.39, 0.29) is 24.0 Å². The van der Waals surface area contributed by atoms with E-state index in [4.69, 9.17) is 0 Å². The van der Waals surface area contributed by atoms with Crippen LogP contribution in [0.2, 0.25) is 0 Å². The lowest BCUT2D eigenvalue weighted by atomic mass is 9.98. The third kappa shape index (κ3) is 12.9. The minimum absolute atomic E-state index is 0.0451. The Bertz CT molecular complexity index is 1420. The van der Waals surface area contributed by atoms with Gasteiger partial charge in [-0.25, -0.2) is 9.59 Å². The number of hydrazone groups is 1. The first-order valence-corrected chi connectivity index (χ1v) is 18.9. The Kier molecular flexibility index (Phi) is 19.4. The van der Waals surface area contributed by atoms with Gasteiger partial charge in [-0.05, 0) is 76.5 Å². The van der Waals surface area contributed by atoms with Gasteiger partial charge in [0, 0.05) is 76.0 Å². The van der Waals surface area contributed by atoms with Crippen molar-refractivity contribution in [1.29, 1.82) is 0 Å². The van der Waals surface area contributed by atoms with Gasteiger partial charge in [0.05, 0.1) is 0 Å². The molecule has 0 aliphatic carbocycles. The maximum Gasteiger partial charge on any atom is 0.322 e. The lowest BCUT2D eigenvalue weighted by Gasteiger charge is -2.41. The van der Waals surface area contributed by atoms with Crippen LogP contribution in [0.1, 0.15) is 86.1 Å². The zero-order valence-corrected chi connectivity index (χ0v) is 32.8. The molecule has 0 bridgehead atoms. The van der Waals surface area contributed by atoms with Crippen LogP contribution in [0, 0.1) is 18.8 Å². The number of likely N-dealkylation sites (tertiary alicyclic amines) is 1. The predicted molar refractivity (Wildman–Crippen MR) is 215 cm³/mol. The van der Waals surface area contributed by atoms with Gasteiger partial charge in [-0.3, -0.25) is 15.1 Å². The smallest absolute Gasteiger partial charge is 0.322 e. The average molecular weight is 717 g/mol. The fraction of sp³-hybridized carbons (Fsp3) is 0.561. The molecule has 4 rings (SSSR count). The van der Waals surface area contributed by atoms with Gasteiger partial charge in [-0.2, -0.15) is 5.10 Å². The number of piperazine rings is 1. The van der Waals surface area contributed by atoms with E-state index in [9.17, 15) is 14.4 Å². The number of anilines is 1. The number of nitrogens with zero attached hydrogens (tertiary/aromatic N) is 5. The first-order valence-electron chi connectivity index (χ1n) is 18.9. The van der Waals surface area contributed by atoms with Crippen molar-refractivity contribution in [2.75, 3.05) is 51.1 Å². The Labute approximate surface area is 313 Å². The highest BCUT2D eigenvalue weighted by molar-refractivity contribution is 5.92. The molecule has 0 spiro atoms. The van der Waals surface area contributed by atoms with E-state index in [0.29, 0.717) is 57.9 Å². The molecular formula is C41H64N8O3. The van der Waals surface area contributed by atoms with Crippen molar-refractivity contribution in [3.05, 3.63) is 65.4 Å². The summed E-state index contributed by atoms with van der Waals surface area (Å²) in [6.45, 7) is 23.8. The molecule has 11 nitrogen and oxygen atoms in total. The molecule has 2 atom stereocenters. The standard InChI is InChI=1S/C37H56N8O3.C2H6.C2H2/c1-7-29(27(4)5)25-42-20-22-43(23-21-42)35(46)34(24-28(6)14-15-31(8-2)41-38-9-3)40-36(47)44-18-16-32(17-19-44)45-26-30-12-10-11-13-33(30)39-37(45)48;2*1-2/h9-15,29,32,34,41H,4,7-8,16-26H2,1-3,5-6H3,(H,39,48)(H,40,47);1-2H3;1-2H/b28-14+,31-15+,38-9-;;. The molecular weight excluding hydrogens is 653 g/mol. The van der Waals surface area contributed by atoms with Crippen LogP contribution in [0.25, 0.3) is 0 Å². The van der Waals surface area contributed by atoms with Crippen LogP contribution < -0.4 is 16.1 Å². The molecule has 0 aromatic heterocycles. The second-order valence-electron chi connectivity index (χ2n) is 13.3. The highest BCUT2D eigenvalue weighted by Crippen LogP contribution is 2.28. The summed E-state index contributed by atoms with van der Waals surface area (Å²) >= 11 is 0. The van der Waals surface area contributed by atoms with Crippen molar-refractivity contribution in [3.63, 3.8) is 0 Å². The predicted octanol–water partition coefficient (Wildman–Crippen LogP) is 6.82. The van der Waals surface area contributed by atoms with E-state index in [1.807, 2.05) is 73.9 Å². The van der Waals surface area contributed by atoms with Gasteiger partial charge in [-0.1, -0.05) is 69.7 Å². The summed E-state index contributed by atoms with van der Waals surface area (Å²) in [5.41, 5.74) is 8.15.